The topological polar surface area (TPSA) is 52.7 Å². The quantitative estimate of drug-likeness (QED) is 0.794. The number of benzene rings is 1. The number of halogens is 2. The summed E-state index contributed by atoms with van der Waals surface area (Å²) >= 11 is 12.0. The molecule has 0 spiro atoms. The first-order chi connectivity index (χ1) is 11.9. The smallest absolute Gasteiger partial charge is 0.238 e. The summed E-state index contributed by atoms with van der Waals surface area (Å²) in [5.74, 6) is -0.259. The summed E-state index contributed by atoms with van der Waals surface area (Å²) in [5, 5.41) is 2.99. The molecule has 3 rings (SSSR count). The van der Waals surface area contributed by atoms with Crippen LogP contribution in [0.25, 0.3) is 0 Å². The van der Waals surface area contributed by atoms with E-state index in [0.717, 1.165) is 17.7 Å². The normalized spacial score (nSPS) is 22.5. The lowest BCUT2D eigenvalue weighted by molar-refractivity contribution is -0.134. The third-order valence-corrected chi connectivity index (χ3v) is 5.68. The fourth-order valence-electron chi connectivity index (χ4n) is 3.17. The van der Waals surface area contributed by atoms with Crippen molar-refractivity contribution < 1.29 is 9.59 Å². The van der Waals surface area contributed by atoms with Crippen LogP contribution in [0.2, 0.25) is 0 Å². The summed E-state index contributed by atoms with van der Waals surface area (Å²) in [5.41, 5.74) is 2.00. The molecule has 1 atom stereocenters. The molecule has 1 heterocycles. The van der Waals surface area contributed by atoms with Gasteiger partial charge in [-0.25, -0.2) is 0 Å². The van der Waals surface area contributed by atoms with E-state index >= 15 is 0 Å². The molecule has 1 N–H and O–H groups in total. The van der Waals surface area contributed by atoms with Gasteiger partial charge in [-0.15, -0.1) is 23.2 Å². The second-order valence-electron chi connectivity index (χ2n) is 6.68. The number of piperazine rings is 1. The SMILES string of the molecule is CCc1ccccc1NC(=O)CN1CCN(C(=O)C2CC2(Cl)Cl)CC1. The summed E-state index contributed by atoms with van der Waals surface area (Å²) in [6, 6.07) is 7.84. The first kappa shape index (κ1) is 18.5. The molecule has 2 amide bonds. The molecule has 2 fully saturated rings. The van der Waals surface area contributed by atoms with Crippen LogP contribution >= 0.6 is 23.2 Å². The molecule has 0 bridgehead atoms. The van der Waals surface area contributed by atoms with E-state index in [1.807, 2.05) is 24.3 Å². The fourth-order valence-corrected chi connectivity index (χ4v) is 3.67. The molecule has 1 aliphatic heterocycles. The molecule has 136 valence electrons. The molecule has 1 saturated carbocycles. The number of alkyl halides is 2. The van der Waals surface area contributed by atoms with Gasteiger partial charge in [-0.2, -0.15) is 0 Å². The van der Waals surface area contributed by atoms with Crippen LogP contribution in [0.1, 0.15) is 18.9 Å². The van der Waals surface area contributed by atoms with Crippen LogP contribution in [0.3, 0.4) is 0 Å². The van der Waals surface area contributed by atoms with Crippen LogP contribution in [0.5, 0.6) is 0 Å². The van der Waals surface area contributed by atoms with Crippen molar-refractivity contribution >= 4 is 40.7 Å². The van der Waals surface area contributed by atoms with Crippen LogP contribution in [0.4, 0.5) is 5.69 Å². The third kappa shape index (κ3) is 4.46. The van der Waals surface area contributed by atoms with Crippen LogP contribution < -0.4 is 5.32 Å². The number of nitrogens with zero attached hydrogens (tertiary/aromatic N) is 2. The molecule has 1 saturated heterocycles. The van der Waals surface area contributed by atoms with Crippen LogP contribution in [-0.4, -0.2) is 58.7 Å². The number of aryl methyl sites for hydroxylation is 1. The Morgan fingerprint density at radius 2 is 1.84 bits per heavy atom. The predicted octanol–water partition coefficient (Wildman–Crippen LogP) is 2.53. The van der Waals surface area contributed by atoms with E-state index in [4.69, 9.17) is 23.2 Å². The summed E-state index contributed by atoms with van der Waals surface area (Å²) in [6.45, 7) is 4.98. The van der Waals surface area contributed by atoms with Crippen molar-refractivity contribution in [3.8, 4) is 0 Å². The van der Waals surface area contributed by atoms with Crippen molar-refractivity contribution in [3.05, 3.63) is 29.8 Å². The Hall–Kier alpha value is -1.30. The van der Waals surface area contributed by atoms with Gasteiger partial charge in [-0.3, -0.25) is 14.5 Å². The average Bonchev–Trinajstić information content (AvgIpc) is 3.24. The Bertz CT molecular complexity index is 657. The molecular formula is C18H23Cl2N3O2. The van der Waals surface area contributed by atoms with Crippen molar-refractivity contribution in [2.45, 2.75) is 24.1 Å². The van der Waals surface area contributed by atoms with Gasteiger partial charge < -0.3 is 10.2 Å². The van der Waals surface area contributed by atoms with Gasteiger partial charge in [0.1, 0.15) is 4.33 Å². The maximum absolute atomic E-state index is 12.3. The maximum atomic E-state index is 12.3. The molecule has 7 heteroatoms. The highest BCUT2D eigenvalue weighted by atomic mass is 35.5. The number of hydrogen-bond donors (Lipinski definition) is 1. The Morgan fingerprint density at radius 1 is 1.20 bits per heavy atom. The Labute approximate surface area is 158 Å². The largest absolute Gasteiger partial charge is 0.340 e. The Balaban J connectivity index is 1.46. The van der Waals surface area contributed by atoms with Crippen molar-refractivity contribution in [1.82, 2.24) is 9.80 Å². The molecule has 1 unspecified atom stereocenters. The number of hydrogen-bond acceptors (Lipinski definition) is 3. The fraction of sp³-hybridized carbons (Fsp3) is 0.556. The highest BCUT2D eigenvalue weighted by molar-refractivity contribution is 6.52. The summed E-state index contributed by atoms with van der Waals surface area (Å²) < 4.78 is -0.874. The van der Waals surface area contributed by atoms with E-state index in [-0.39, 0.29) is 17.7 Å². The van der Waals surface area contributed by atoms with Gasteiger partial charge in [0.25, 0.3) is 0 Å². The lowest BCUT2D eigenvalue weighted by Crippen LogP contribution is -2.51. The summed E-state index contributed by atoms with van der Waals surface area (Å²) in [7, 11) is 0. The lowest BCUT2D eigenvalue weighted by Gasteiger charge is -2.34. The second-order valence-corrected chi connectivity index (χ2v) is 8.22. The highest BCUT2D eigenvalue weighted by Gasteiger charge is 2.57. The monoisotopic (exact) mass is 383 g/mol. The molecule has 0 radical (unpaired) electrons. The van der Waals surface area contributed by atoms with Gasteiger partial charge in [-0.1, -0.05) is 25.1 Å². The predicted molar refractivity (Wildman–Crippen MR) is 100 cm³/mol. The van der Waals surface area contributed by atoms with Gasteiger partial charge >= 0.3 is 0 Å². The Kier molecular flexibility index (Phi) is 5.56. The zero-order valence-electron chi connectivity index (χ0n) is 14.3. The lowest BCUT2D eigenvalue weighted by atomic mass is 10.1. The van der Waals surface area contributed by atoms with Gasteiger partial charge in [0.15, 0.2) is 0 Å². The van der Waals surface area contributed by atoms with Gasteiger partial charge in [-0.05, 0) is 24.5 Å². The minimum Gasteiger partial charge on any atom is -0.340 e. The molecule has 5 nitrogen and oxygen atoms in total. The van der Waals surface area contributed by atoms with Gasteiger partial charge in [0.05, 0.1) is 12.5 Å². The number of amides is 2. The first-order valence-electron chi connectivity index (χ1n) is 8.67. The van der Waals surface area contributed by atoms with Crippen LogP contribution in [0, 0.1) is 5.92 Å². The van der Waals surface area contributed by atoms with Crippen molar-refractivity contribution in [2.24, 2.45) is 5.92 Å². The van der Waals surface area contributed by atoms with Crippen LogP contribution in [-0.2, 0) is 16.0 Å². The van der Waals surface area contributed by atoms with E-state index in [2.05, 4.69) is 17.1 Å². The zero-order valence-corrected chi connectivity index (χ0v) is 15.8. The first-order valence-corrected chi connectivity index (χ1v) is 9.43. The number of carbonyl (C=O) groups is 2. The molecule has 0 aromatic heterocycles. The van der Waals surface area contributed by atoms with E-state index in [0.29, 0.717) is 39.1 Å². The highest BCUT2D eigenvalue weighted by Crippen LogP contribution is 2.53. The molecular weight excluding hydrogens is 361 g/mol. The van der Waals surface area contributed by atoms with Crippen molar-refractivity contribution in [2.75, 3.05) is 38.0 Å². The minimum atomic E-state index is -0.874. The van der Waals surface area contributed by atoms with E-state index < -0.39 is 4.33 Å². The molecule has 25 heavy (non-hydrogen) atoms. The summed E-state index contributed by atoms with van der Waals surface area (Å²) in [4.78, 5) is 28.4. The number of rotatable bonds is 5. The van der Waals surface area contributed by atoms with E-state index in [1.54, 1.807) is 4.90 Å². The standard InChI is InChI=1S/C18H23Cl2N3O2/c1-2-13-5-3-4-6-15(13)21-16(24)12-22-7-9-23(10-8-22)17(25)14-11-18(14,19)20/h3-6,14H,2,7-12H2,1H3,(H,21,24). The van der Waals surface area contributed by atoms with Crippen molar-refractivity contribution in [1.29, 1.82) is 0 Å². The third-order valence-electron chi connectivity index (χ3n) is 4.85. The minimum absolute atomic E-state index is 0.0246. The number of nitrogens with one attached hydrogen (secondary N) is 1. The Morgan fingerprint density at radius 3 is 2.44 bits per heavy atom. The molecule has 1 aromatic rings. The molecule has 1 aliphatic carbocycles. The second kappa shape index (κ2) is 7.52. The summed E-state index contributed by atoms with van der Waals surface area (Å²) in [6.07, 6.45) is 1.41. The van der Waals surface area contributed by atoms with E-state index in [1.165, 1.54) is 0 Å². The zero-order chi connectivity index (χ0) is 18.0. The van der Waals surface area contributed by atoms with Crippen LogP contribution in [0.15, 0.2) is 24.3 Å². The van der Waals surface area contributed by atoms with E-state index in [9.17, 15) is 9.59 Å². The molecule has 1 aromatic carbocycles. The average molecular weight is 384 g/mol. The van der Waals surface area contributed by atoms with Gasteiger partial charge in [0, 0.05) is 31.9 Å². The number of anilines is 1. The number of carbonyl (C=O) groups excluding carboxylic acids is 2. The molecule has 2 aliphatic rings. The maximum Gasteiger partial charge on any atom is 0.238 e. The van der Waals surface area contributed by atoms with Crippen molar-refractivity contribution in [3.63, 3.8) is 0 Å². The van der Waals surface area contributed by atoms with Gasteiger partial charge in [0.2, 0.25) is 11.8 Å². The number of para-hydroxylation sites is 1.